The van der Waals surface area contributed by atoms with E-state index in [-0.39, 0.29) is 12.1 Å². The summed E-state index contributed by atoms with van der Waals surface area (Å²) in [6.07, 6.45) is 3.84. The van der Waals surface area contributed by atoms with Crippen molar-refractivity contribution in [3.05, 3.63) is 16.9 Å². The lowest BCUT2D eigenvalue weighted by atomic mass is 9.92. The number of aromatic nitrogens is 2. The highest BCUT2D eigenvalue weighted by atomic mass is 35.5. The van der Waals surface area contributed by atoms with Crippen LogP contribution in [-0.2, 0) is 4.74 Å². The SMILES string of the molecule is CC(C)n1ncc(Cl)c1C(NN)C1CCCOC1. The first-order valence-corrected chi connectivity index (χ1v) is 6.79. The van der Waals surface area contributed by atoms with Crippen LogP contribution in [0.1, 0.15) is 44.5 Å². The molecular weight excluding hydrogens is 252 g/mol. The van der Waals surface area contributed by atoms with Crippen LogP contribution in [0, 0.1) is 5.92 Å². The average Bonchev–Trinajstić information content (AvgIpc) is 2.74. The number of hydrogen-bond donors (Lipinski definition) is 2. The molecule has 0 radical (unpaired) electrons. The van der Waals surface area contributed by atoms with Gasteiger partial charge < -0.3 is 4.74 Å². The van der Waals surface area contributed by atoms with Crippen LogP contribution in [0.2, 0.25) is 5.02 Å². The van der Waals surface area contributed by atoms with Gasteiger partial charge in [0.25, 0.3) is 0 Å². The molecule has 1 aliphatic heterocycles. The molecule has 2 rings (SSSR count). The molecule has 1 saturated heterocycles. The van der Waals surface area contributed by atoms with Crippen LogP contribution in [-0.4, -0.2) is 23.0 Å². The molecule has 2 heterocycles. The monoisotopic (exact) mass is 272 g/mol. The van der Waals surface area contributed by atoms with Gasteiger partial charge in [-0.1, -0.05) is 11.6 Å². The molecule has 0 bridgehead atoms. The number of halogens is 1. The zero-order valence-electron chi connectivity index (χ0n) is 10.9. The third-order valence-electron chi connectivity index (χ3n) is 3.42. The summed E-state index contributed by atoms with van der Waals surface area (Å²) in [6.45, 7) is 5.72. The zero-order chi connectivity index (χ0) is 13.1. The van der Waals surface area contributed by atoms with Gasteiger partial charge in [0.2, 0.25) is 0 Å². The number of hydrazine groups is 1. The Morgan fingerprint density at radius 1 is 1.61 bits per heavy atom. The normalized spacial score (nSPS) is 22.4. The van der Waals surface area contributed by atoms with Crippen molar-refractivity contribution >= 4 is 11.6 Å². The maximum atomic E-state index is 6.26. The highest BCUT2D eigenvalue weighted by Crippen LogP contribution is 2.33. The molecule has 2 atom stereocenters. The second kappa shape index (κ2) is 6.02. The van der Waals surface area contributed by atoms with Gasteiger partial charge in [0.15, 0.2) is 0 Å². The minimum Gasteiger partial charge on any atom is -0.381 e. The van der Waals surface area contributed by atoms with Gasteiger partial charge in [-0.15, -0.1) is 0 Å². The standard InChI is InChI=1S/C12H21ClN4O/c1-8(2)17-12(10(13)6-15-17)11(16-14)9-4-3-5-18-7-9/h6,8-9,11,16H,3-5,7,14H2,1-2H3. The van der Waals surface area contributed by atoms with Gasteiger partial charge in [-0.25, -0.2) is 0 Å². The first-order valence-electron chi connectivity index (χ1n) is 6.42. The summed E-state index contributed by atoms with van der Waals surface area (Å²) in [5.74, 6) is 6.07. The maximum absolute atomic E-state index is 6.26. The van der Waals surface area contributed by atoms with Crippen molar-refractivity contribution in [3.8, 4) is 0 Å². The van der Waals surface area contributed by atoms with Crippen LogP contribution < -0.4 is 11.3 Å². The van der Waals surface area contributed by atoms with Crippen LogP contribution >= 0.6 is 11.6 Å². The summed E-state index contributed by atoms with van der Waals surface area (Å²) >= 11 is 6.26. The van der Waals surface area contributed by atoms with Gasteiger partial charge in [0, 0.05) is 18.6 Å². The molecule has 5 nitrogen and oxygen atoms in total. The minimum absolute atomic E-state index is 0.0114. The molecular formula is C12H21ClN4O. The van der Waals surface area contributed by atoms with Crippen molar-refractivity contribution in [1.29, 1.82) is 0 Å². The predicted octanol–water partition coefficient (Wildman–Crippen LogP) is 2.05. The van der Waals surface area contributed by atoms with Crippen LogP contribution in [0.4, 0.5) is 0 Å². The smallest absolute Gasteiger partial charge is 0.0834 e. The Morgan fingerprint density at radius 3 is 2.94 bits per heavy atom. The molecule has 3 N–H and O–H groups in total. The lowest BCUT2D eigenvalue weighted by molar-refractivity contribution is 0.0374. The molecule has 1 aromatic rings. The fourth-order valence-corrected chi connectivity index (χ4v) is 2.77. The van der Waals surface area contributed by atoms with Crippen molar-refractivity contribution in [1.82, 2.24) is 15.2 Å². The van der Waals surface area contributed by atoms with Crippen molar-refractivity contribution in [2.24, 2.45) is 11.8 Å². The molecule has 6 heteroatoms. The Bertz CT molecular complexity index is 387. The topological polar surface area (TPSA) is 65.1 Å². The molecule has 2 unspecified atom stereocenters. The lowest BCUT2D eigenvalue weighted by Crippen LogP contribution is -2.38. The number of nitrogens with zero attached hydrogens (tertiary/aromatic N) is 2. The summed E-state index contributed by atoms with van der Waals surface area (Å²) in [4.78, 5) is 0. The third-order valence-corrected chi connectivity index (χ3v) is 3.71. The Kier molecular flexibility index (Phi) is 4.61. The Morgan fingerprint density at radius 2 is 2.39 bits per heavy atom. The van der Waals surface area contributed by atoms with Crippen molar-refractivity contribution in [2.45, 2.75) is 38.8 Å². The van der Waals surface area contributed by atoms with E-state index in [9.17, 15) is 0 Å². The number of ether oxygens (including phenoxy) is 1. The average molecular weight is 273 g/mol. The quantitative estimate of drug-likeness (QED) is 0.650. The van der Waals surface area contributed by atoms with E-state index in [2.05, 4.69) is 24.4 Å². The molecule has 0 spiro atoms. The number of nitrogens with one attached hydrogen (secondary N) is 1. The first kappa shape index (κ1) is 13.8. The third kappa shape index (κ3) is 2.69. The largest absolute Gasteiger partial charge is 0.381 e. The minimum atomic E-state index is -0.0114. The maximum Gasteiger partial charge on any atom is 0.0834 e. The number of hydrogen-bond acceptors (Lipinski definition) is 4. The highest BCUT2D eigenvalue weighted by Gasteiger charge is 2.30. The predicted molar refractivity (Wildman–Crippen MR) is 71.2 cm³/mol. The van der Waals surface area contributed by atoms with Gasteiger partial charge in [-0.05, 0) is 26.7 Å². The van der Waals surface area contributed by atoms with E-state index in [1.54, 1.807) is 6.20 Å². The number of rotatable bonds is 4. The summed E-state index contributed by atoms with van der Waals surface area (Å²) in [6, 6.07) is 0.246. The molecule has 102 valence electrons. The van der Waals surface area contributed by atoms with Crippen LogP contribution in [0.3, 0.4) is 0 Å². The molecule has 1 aliphatic rings. The van der Waals surface area contributed by atoms with Crippen LogP contribution in [0.25, 0.3) is 0 Å². The number of nitrogens with two attached hydrogens (primary N) is 1. The fourth-order valence-electron chi connectivity index (χ4n) is 2.52. The van der Waals surface area contributed by atoms with Gasteiger partial charge in [-0.3, -0.25) is 16.0 Å². The van der Waals surface area contributed by atoms with E-state index in [4.69, 9.17) is 22.2 Å². The van der Waals surface area contributed by atoms with E-state index >= 15 is 0 Å². The van der Waals surface area contributed by atoms with Crippen molar-refractivity contribution in [3.63, 3.8) is 0 Å². The molecule has 0 aromatic carbocycles. The summed E-state index contributed by atoms with van der Waals surface area (Å²) < 4.78 is 7.47. The fraction of sp³-hybridized carbons (Fsp3) is 0.750. The van der Waals surface area contributed by atoms with E-state index < -0.39 is 0 Å². The molecule has 0 saturated carbocycles. The van der Waals surface area contributed by atoms with E-state index in [0.29, 0.717) is 17.5 Å². The van der Waals surface area contributed by atoms with Crippen LogP contribution in [0.15, 0.2) is 6.20 Å². The summed E-state index contributed by atoms with van der Waals surface area (Å²) in [5.41, 5.74) is 3.85. The molecule has 1 fully saturated rings. The molecule has 18 heavy (non-hydrogen) atoms. The van der Waals surface area contributed by atoms with Crippen LogP contribution in [0.5, 0.6) is 0 Å². The van der Waals surface area contributed by atoms with E-state index in [1.165, 1.54) is 0 Å². The second-order valence-electron chi connectivity index (χ2n) is 5.04. The van der Waals surface area contributed by atoms with Gasteiger partial charge in [0.1, 0.15) is 0 Å². The molecule has 0 amide bonds. The van der Waals surface area contributed by atoms with Gasteiger partial charge in [-0.2, -0.15) is 5.10 Å². The van der Waals surface area contributed by atoms with E-state index in [0.717, 1.165) is 25.1 Å². The van der Waals surface area contributed by atoms with Crippen molar-refractivity contribution in [2.75, 3.05) is 13.2 Å². The van der Waals surface area contributed by atoms with Crippen molar-refractivity contribution < 1.29 is 4.74 Å². The summed E-state index contributed by atoms with van der Waals surface area (Å²) in [5, 5.41) is 4.99. The Balaban J connectivity index is 2.28. The lowest BCUT2D eigenvalue weighted by Gasteiger charge is -2.31. The van der Waals surface area contributed by atoms with Gasteiger partial charge in [0.05, 0.1) is 29.6 Å². The van der Waals surface area contributed by atoms with E-state index in [1.807, 2.05) is 4.68 Å². The zero-order valence-corrected chi connectivity index (χ0v) is 11.7. The molecule has 0 aliphatic carbocycles. The van der Waals surface area contributed by atoms with Gasteiger partial charge >= 0.3 is 0 Å². The Hall–Kier alpha value is -0.620. The molecule has 1 aromatic heterocycles. The summed E-state index contributed by atoms with van der Waals surface area (Å²) in [7, 11) is 0. The Labute approximate surface area is 113 Å². The first-order chi connectivity index (χ1) is 8.65. The highest BCUT2D eigenvalue weighted by molar-refractivity contribution is 6.31. The second-order valence-corrected chi connectivity index (χ2v) is 5.44.